The number of benzene rings is 2. The third-order valence-corrected chi connectivity index (χ3v) is 3.68. The van der Waals surface area contributed by atoms with Crippen molar-refractivity contribution in [3.63, 3.8) is 0 Å². The molecule has 94 valence electrons. The topological polar surface area (TPSA) is 20.2 Å². The molecule has 0 saturated carbocycles. The summed E-state index contributed by atoms with van der Waals surface area (Å²) in [7, 11) is 0. The van der Waals surface area contributed by atoms with Crippen molar-refractivity contribution in [3.05, 3.63) is 68.9 Å². The monoisotopic (exact) mass is 328 g/mol. The molecule has 0 fully saturated rings. The van der Waals surface area contributed by atoms with E-state index in [0.717, 1.165) is 5.56 Å². The minimum atomic E-state index is -0.707. The molecule has 1 nitrogen and oxygen atoms in total. The van der Waals surface area contributed by atoms with Crippen molar-refractivity contribution in [1.82, 2.24) is 0 Å². The zero-order valence-corrected chi connectivity index (χ0v) is 11.7. The van der Waals surface area contributed by atoms with E-state index in [1.54, 1.807) is 18.2 Å². The minimum absolute atomic E-state index is 0.344. The van der Waals surface area contributed by atoms with Crippen LogP contribution in [-0.2, 0) is 6.42 Å². The van der Waals surface area contributed by atoms with Gasteiger partial charge < -0.3 is 5.11 Å². The van der Waals surface area contributed by atoms with E-state index >= 15 is 0 Å². The Kier molecular flexibility index (Phi) is 4.38. The van der Waals surface area contributed by atoms with Crippen molar-refractivity contribution in [2.45, 2.75) is 12.5 Å². The first kappa shape index (κ1) is 13.5. The first-order valence-corrected chi connectivity index (χ1v) is 6.61. The number of rotatable bonds is 3. The van der Waals surface area contributed by atoms with Gasteiger partial charge in [-0.25, -0.2) is 4.39 Å². The molecule has 2 aromatic carbocycles. The smallest absolute Gasteiger partial charge is 0.137 e. The Morgan fingerprint density at radius 2 is 1.94 bits per heavy atom. The summed E-state index contributed by atoms with van der Waals surface area (Å²) in [4.78, 5) is 0. The average Bonchev–Trinajstić information content (AvgIpc) is 2.35. The van der Waals surface area contributed by atoms with Gasteiger partial charge in [0.1, 0.15) is 5.82 Å². The molecule has 0 heterocycles. The third kappa shape index (κ3) is 3.10. The SMILES string of the molecule is OC(Cc1ccccc1Cl)c1ccc(F)c(Br)c1. The fourth-order valence-corrected chi connectivity index (χ4v) is 2.32. The summed E-state index contributed by atoms with van der Waals surface area (Å²) >= 11 is 9.13. The van der Waals surface area contributed by atoms with Gasteiger partial charge in [0.2, 0.25) is 0 Å². The molecular weight excluding hydrogens is 319 g/mol. The van der Waals surface area contributed by atoms with Gasteiger partial charge in [0, 0.05) is 11.4 Å². The Balaban J connectivity index is 2.19. The third-order valence-electron chi connectivity index (χ3n) is 2.70. The Hall–Kier alpha value is -0.900. The molecule has 18 heavy (non-hydrogen) atoms. The van der Waals surface area contributed by atoms with Gasteiger partial charge in [0.15, 0.2) is 0 Å². The lowest BCUT2D eigenvalue weighted by atomic mass is 10.0. The molecule has 4 heteroatoms. The molecule has 0 aromatic heterocycles. The van der Waals surface area contributed by atoms with Crippen LogP contribution < -0.4 is 0 Å². The average molecular weight is 330 g/mol. The van der Waals surface area contributed by atoms with Crippen LogP contribution in [-0.4, -0.2) is 5.11 Å². The molecule has 2 aromatic rings. The molecule has 0 bridgehead atoms. The fraction of sp³-hybridized carbons (Fsp3) is 0.143. The Morgan fingerprint density at radius 3 is 2.61 bits per heavy atom. The molecule has 1 unspecified atom stereocenters. The van der Waals surface area contributed by atoms with Crippen LogP contribution in [0.1, 0.15) is 17.2 Å². The summed E-state index contributed by atoms with van der Waals surface area (Å²) in [5.74, 6) is -0.344. The number of aliphatic hydroxyl groups excluding tert-OH is 1. The maximum atomic E-state index is 13.1. The number of hydrogen-bond acceptors (Lipinski definition) is 1. The quantitative estimate of drug-likeness (QED) is 0.878. The molecule has 0 aliphatic carbocycles. The van der Waals surface area contributed by atoms with Crippen LogP contribution in [0.3, 0.4) is 0 Å². The highest BCUT2D eigenvalue weighted by atomic mass is 79.9. The molecule has 1 atom stereocenters. The van der Waals surface area contributed by atoms with E-state index < -0.39 is 6.10 Å². The lowest BCUT2D eigenvalue weighted by molar-refractivity contribution is 0.178. The van der Waals surface area contributed by atoms with E-state index in [9.17, 15) is 9.50 Å². The van der Waals surface area contributed by atoms with Gasteiger partial charge in [-0.2, -0.15) is 0 Å². The summed E-state index contributed by atoms with van der Waals surface area (Å²) in [6, 6.07) is 11.8. The molecule has 0 radical (unpaired) electrons. The van der Waals surface area contributed by atoms with Gasteiger partial charge in [0.05, 0.1) is 10.6 Å². The second-order valence-electron chi connectivity index (χ2n) is 3.98. The van der Waals surface area contributed by atoms with E-state index in [1.165, 1.54) is 6.07 Å². The maximum Gasteiger partial charge on any atom is 0.137 e. The highest BCUT2D eigenvalue weighted by Gasteiger charge is 2.12. The number of halogens is 3. The minimum Gasteiger partial charge on any atom is -0.388 e. The van der Waals surface area contributed by atoms with E-state index in [4.69, 9.17) is 11.6 Å². The van der Waals surface area contributed by atoms with Gasteiger partial charge in [-0.1, -0.05) is 35.9 Å². The van der Waals surface area contributed by atoms with E-state index in [2.05, 4.69) is 15.9 Å². The number of aliphatic hydroxyl groups is 1. The Morgan fingerprint density at radius 1 is 1.22 bits per heavy atom. The predicted molar refractivity (Wildman–Crippen MR) is 74.2 cm³/mol. The summed E-state index contributed by atoms with van der Waals surface area (Å²) in [5, 5.41) is 10.7. The summed E-state index contributed by atoms with van der Waals surface area (Å²) in [6.07, 6.45) is -0.306. The lowest BCUT2D eigenvalue weighted by Crippen LogP contribution is -2.02. The van der Waals surface area contributed by atoms with Crippen molar-refractivity contribution in [3.8, 4) is 0 Å². The first-order valence-electron chi connectivity index (χ1n) is 5.44. The van der Waals surface area contributed by atoms with Crippen molar-refractivity contribution < 1.29 is 9.50 Å². The van der Waals surface area contributed by atoms with Crippen LogP contribution in [0.2, 0.25) is 5.02 Å². The molecular formula is C14H11BrClFO. The van der Waals surface area contributed by atoms with Crippen molar-refractivity contribution in [2.75, 3.05) is 0 Å². The van der Waals surface area contributed by atoms with Crippen LogP contribution in [0.15, 0.2) is 46.9 Å². The zero-order valence-electron chi connectivity index (χ0n) is 9.41. The Bertz CT molecular complexity index is 559. The largest absolute Gasteiger partial charge is 0.388 e. The standard InChI is InChI=1S/C14H11BrClFO/c15-11-7-10(5-6-13(11)17)14(18)8-9-3-1-2-4-12(9)16/h1-7,14,18H,8H2. The van der Waals surface area contributed by atoms with Gasteiger partial charge in [-0.15, -0.1) is 0 Å². The zero-order chi connectivity index (χ0) is 13.1. The predicted octanol–water partition coefficient (Wildman–Crippen LogP) is 4.52. The highest BCUT2D eigenvalue weighted by molar-refractivity contribution is 9.10. The van der Waals surface area contributed by atoms with Crippen LogP contribution in [0, 0.1) is 5.82 Å². The molecule has 1 N–H and O–H groups in total. The van der Waals surface area contributed by atoms with Crippen molar-refractivity contribution >= 4 is 27.5 Å². The Labute approximate surface area is 118 Å². The van der Waals surface area contributed by atoms with E-state index in [-0.39, 0.29) is 5.82 Å². The van der Waals surface area contributed by atoms with Gasteiger partial charge >= 0.3 is 0 Å². The number of hydrogen-bond donors (Lipinski definition) is 1. The fourth-order valence-electron chi connectivity index (χ4n) is 1.71. The summed E-state index contributed by atoms with van der Waals surface area (Å²) in [6.45, 7) is 0. The molecule has 0 aliphatic rings. The van der Waals surface area contributed by atoms with Gasteiger partial charge in [-0.3, -0.25) is 0 Å². The molecule has 0 spiro atoms. The van der Waals surface area contributed by atoms with Crippen molar-refractivity contribution in [2.24, 2.45) is 0 Å². The van der Waals surface area contributed by atoms with Crippen LogP contribution in [0.4, 0.5) is 4.39 Å². The van der Waals surface area contributed by atoms with Crippen LogP contribution in [0.25, 0.3) is 0 Å². The summed E-state index contributed by atoms with van der Waals surface area (Å²) < 4.78 is 13.4. The van der Waals surface area contributed by atoms with Crippen LogP contribution in [0.5, 0.6) is 0 Å². The molecule has 0 amide bonds. The van der Waals surface area contributed by atoms with Crippen molar-refractivity contribution in [1.29, 1.82) is 0 Å². The second kappa shape index (κ2) is 5.83. The second-order valence-corrected chi connectivity index (χ2v) is 5.25. The molecule has 2 rings (SSSR count). The first-order chi connectivity index (χ1) is 8.58. The maximum absolute atomic E-state index is 13.1. The summed E-state index contributed by atoms with van der Waals surface area (Å²) in [5.41, 5.74) is 1.52. The molecule has 0 saturated heterocycles. The van der Waals surface area contributed by atoms with Gasteiger partial charge in [0.25, 0.3) is 0 Å². The lowest BCUT2D eigenvalue weighted by Gasteiger charge is -2.12. The molecule has 0 aliphatic heterocycles. The van der Waals surface area contributed by atoms with E-state index in [0.29, 0.717) is 21.5 Å². The van der Waals surface area contributed by atoms with Crippen LogP contribution >= 0.6 is 27.5 Å². The highest BCUT2D eigenvalue weighted by Crippen LogP contribution is 2.26. The normalized spacial score (nSPS) is 12.4. The van der Waals surface area contributed by atoms with Gasteiger partial charge in [-0.05, 0) is 45.3 Å². The van der Waals surface area contributed by atoms with E-state index in [1.807, 2.05) is 18.2 Å².